The number of hydrogen-bond acceptors (Lipinski definition) is 2. The van der Waals surface area contributed by atoms with Gasteiger partial charge in [-0.25, -0.2) is 0 Å². The highest BCUT2D eigenvalue weighted by atomic mass is 32.2. The highest BCUT2D eigenvalue weighted by Crippen LogP contribution is 2.26. The molecule has 3 rings (SSSR count). The largest absolute Gasteiger partial charge is 0.291 e. The van der Waals surface area contributed by atoms with Gasteiger partial charge < -0.3 is 0 Å². The summed E-state index contributed by atoms with van der Waals surface area (Å²) in [6.45, 7) is 0. The molecule has 16 heavy (non-hydrogen) atoms. The smallest absolute Gasteiger partial charge is 0.261 e. The summed E-state index contributed by atoms with van der Waals surface area (Å²) in [4.78, 5) is 5.91. The van der Waals surface area contributed by atoms with Crippen LogP contribution in [0.4, 0.5) is 0 Å². The van der Waals surface area contributed by atoms with Gasteiger partial charge in [-0.2, -0.15) is 0 Å². The van der Waals surface area contributed by atoms with Crippen LogP contribution in [0.25, 0.3) is 0 Å². The summed E-state index contributed by atoms with van der Waals surface area (Å²) in [7, 11) is 0. The van der Waals surface area contributed by atoms with Crippen LogP contribution in [0.15, 0.2) is 59.8 Å². The molecule has 1 atom stereocenters. The summed E-state index contributed by atoms with van der Waals surface area (Å²) in [5, 5.41) is 1.16. The first-order valence-corrected chi connectivity index (χ1v) is 6.27. The molecular formula is C13H12NOS+. The van der Waals surface area contributed by atoms with Gasteiger partial charge in [0.15, 0.2) is 0 Å². The molecule has 3 heteroatoms. The predicted octanol–water partition coefficient (Wildman–Crippen LogP) is 2.25. The molecule has 0 saturated heterocycles. The quantitative estimate of drug-likeness (QED) is 0.697. The number of thioether (sulfide) groups is 1. The zero-order valence-corrected chi connectivity index (χ0v) is 9.56. The van der Waals surface area contributed by atoms with E-state index in [0.717, 1.165) is 10.8 Å². The van der Waals surface area contributed by atoms with Crippen LogP contribution in [-0.2, 0) is 0 Å². The first-order valence-electron chi connectivity index (χ1n) is 5.29. The van der Waals surface area contributed by atoms with Crippen molar-refractivity contribution in [2.45, 2.75) is 11.1 Å². The summed E-state index contributed by atoms with van der Waals surface area (Å²) in [5.41, 5.74) is 1.23. The Kier molecular flexibility index (Phi) is 2.54. The zero-order valence-electron chi connectivity index (χ0n) is 8.74. The van der Waals surface area contributed by atoms with E-state index >= 15 is 0 Å². The van der Waals surface area contributed by atoms with E-state index in [1.54, 1.807) is 0 Å². The fourth-order valence-corrected chi connectivity index (χ4v) is 2.75. The minimum absolute atomic E-state index is 0.145. The van der Waals surface area contributed by atoms with Crippen molar-refractivity contribution in [3.63, 3.8) is 0 Å². The lowest BCUT2D eigenvalue weighted by molar-refractivity contribution is -0.929. The highest BCUT2D eigenvalue weighted by Gasteiger charge is 2.28. The molecule has 1 aromatic carbocycles. The molecule has 80 valence electrons. The molecular weight excluding hydrogens is 218 g/mol. The first-order chi connectivity index (χ1) is 7.93. The van der Waals surface area contributed by atoms with E-state index in [1.165, 1.54) is 5.56 Å². The van der Waals surface area contributed by atoms with E-state index in [-0.39, 0.29) is 6.10 Å². The third kappa shape index (κ3) is 1.78. The second-order valence-electron chi connectivity index (χ2n) is 3.68. The summed E-state index contributed by atoms with van der Waals surface area (Å²) in [6.07, 6.45) is 2.10. The van der Waals surface area contributed by atoms with E-state index in [4.69, 9.17) is 4.84 Å². The summed E-state index contributed by atoms with van der Waals surface area (Å²) in [5.74, 6) is 0.966. The van der Waals surface area contributed by atoms with Crippen LogP contribution in [0.3, 0.4) is 0 Å². The Morgan fingerprint density at radius 1 is 1.06 bits per heavy atom. The van der Waals surface area contributed by atoms with Gasteiger partial charge in [-0.1, -0.05) is 30.3 Å². The van der Waals surface area contributed by atoms with Gasteiger partial charge in [-0.05, 0) is 17.8 Å². The lowest BCUT2D eigenvalue weighted by Gasteiger charge is -2.17. The molecule has 0 bridgehead atoms. The Hall–Kier alpha value is -1.48. The Bertz CT molecular complexity index is 486. The van der Waals surface area contributed by atoms with E-state index in [9.17, 15) is 0 Å². The molecule has 0 N–H and O–H groups in total. The normalized spacial score (nSPS) is 18.6. The van der Waals surface area contributed by atoms with E-state index in [1.807, 2.05) is 40.9 Å². The molecule has 2 heterocycles. The van der Waals surface area contributed by atoms with Crippen molar-refractivity contribution in [1.29, 1.82) is 0 Å². The molecule has 0 spiro atoms. The maximum Gasteiger partial charge on any atom is 0.291 e. The van der Waals surface area contributed by atoms with Crippen molar-refractivity contribution in [3.8, 4) is 0 Å². The average molecular weight is 230 g/mol. The van der Waals surface area contributed by atoms with Gasteiger partial charge in [0.2, 0.25) is 12.3 Å². The molecule has 2 aromatic rings. The summed E-state index contributed by atoms with van der Waals surface area (Å²) >= 11 is 1.83. The van der Waals surface area contributed by atoms with E-state index in [2.05, 4.69) is 30.3 Å². The number of fused-ring (bicyclic) bond motifs is 1. The second kappa shape index (κ2) is 4.18. The molecule has 0 fully saturated rings. The van der Waals surface area contributed by atoms with E-state index < -0.39 is 0 Å². The standard InChI is InChI=1S/C13H12NOS/c1-2-6-11(7-3-1)12-10-16-13-8-4-5-9-14(13)15-12/h1-9,12H,10H2/q+1. The summed E-state index contributed by atoms with van der Waals surface area (Å²) < 4.78 is 1.85. The van der Waals surface area contributed by atoms with Gasteiger partial charge in [0.05, 0.1) is 5.75 Å². The number of aromatic nitrogens is 1. The second-order valence-corrected chi connectivity index (χ2v) is 4.72. The molecule has 1 aliphatic heterocycles. The lowest BCUT2D eigenvalue weighted by atomic mass is 10.1. The molecule has 0 aliphatic carbocycles. The maximum atomic E-state index is 5.91. The van der Waals surface area contributed by atoms with Gasteiger partial charge in [-0.15, -0.1) is 0 Å². The van der Waals surface area contributed by atoms with Gasteiger partial charge in [0.25, 0.3) is 5.03 Å². The van der Waals surface area contributed by atoms with Gasteiger partial charge in [0.1, 0.15) is 0 Å². The Morgan fingerprint density at radius 3 is 2.75 bits per heavy atom. The third-order valence-corrected chi connectivity index (χ3v) is 3.66. The average Bonchev–Trinajstić information content (AvgIpc) is 2.39. The van der Waals surface area contributed by atoms with Crippen molar-refractivity contribution in [1.82, 2.24) is 0 Å². The number of hydrogen-bond donors (Lipinski definition) is 0. The SMILES string of the molecule is c1ccc(C2CSc3cccc[n+]3O2)cc1. The minimum Gasteiger partial charge on any atom is -0.261 e. The van der Waals surface area contributed by atoms with Crippen LogP contribution in [0.2, 0.25) is 0 Å². The lowest BCUT2D eigenvalue weighted by Crippen LogP contribution is -2.49. The minimum atomic E-state index is 0.145. The van der Waals surface area contributed by atoms with E-state index in [0.29, 0.717) is 0 Å². The molecule has 0 amide bonds. The number of pyridine rings is 1. The topological polar surface area (TPSA) is 13.1 Å². The Labute approximate surface area is 98.8 Å². The van der Waals surface area contributed by atoms with Gasteiger partial charge >= 0.3 is 0 Å². The molecule has 0 radical (unpaired) electrons. The number of benzene rings is 1. The molecule has 1 unspecified atom stereocenters. The first kappa shape index (κ1) is 9.73. The van der Waals surface area contributed by atoms with Crippen molar-refractivity contribution < 1.29 is 9.57 Å². The fourth-order valence-electron chi connectivity index (χ4n) is 1.76. The van der Waals surface area contributed by atoms with Crippen LogP contribution in [0, 0.1) is 0 Å². The summed E-state index contributed by atoms with van der Waals surface area (Å²) in [6, 6.07) is 16.4. The van der Waals surface area contributed by atoms with Crippen molar-refractivity contribution in [2.24, 2.45) is 0 Å². The molecule has 2 nitrogen and oxygen atoms in total. The molecule has 1 aliphatic rings. The molecule has 1 aromatic heterocycles. The van der Waals surface area contributed by atoms with Crippen LogP contribution in [0.5, 0.6) is 0 Å². The van der Waals surface area contributed by atoms with Crippen LogP contribution >= 0.6 is 11.8 Å². The highest BCUT2D eigenvalue weighted by molar-refractivity contribution is 7.99. The predicted molar refractivity (Wildman–Crippen MR) is 63.1 cm³/mol. The Morgan fingerprint density at radius 2 is 1.88 bits per heavy atom. The van der Waals surface area contributed by atoms with Crippen molar-refractivity contribution in [3.05, 3.63) is 60.3 Å². The maximum absolute atomic E-state index is 5.91. The van der Waals surface area contributed by atoms with Crippen LogP contribution in [0.1, 0.15) is 11.7 Å². The van der Waals surface area contributed by atoms with Crippen LogP contribution < -0.4 is 9.57 Å². The van der Waals surface area contributed by atoms with Crippen molar-refractivity contribution in [2.75, 3.05) is 5.75 Å². The zero-order chi connectivity index (χ0) is 10.8. The number of nitrogens with zero attached hydrogens (tertiary/aromatic N) is 1. The van der Waals surface area contributed by atoms with Gasteiger partial charge in [0, 0.05) is 22.4 Å². The van der Waals surface area contributed by atoms with Crippen molar-refractivity contribution >= 4 is 11.8 Å². The monoisotopic (exact) mass is 230 g/mol. The number of rotatable bonds is 1. The molecule has 0 saturated carbocycles. The third-order valence-electron chi connectivity index (χ3n) is 2.58. The Balaban J connectivity index is 1.89. The fraction of sp³-hybridized carbons (Fsp3) is 0.154. The van der Waals surface area contributed by atoms with Gasteiger partial charge in [-0.3, -0.25) is 4.84 Å². The van der Waals surface area contributed by atoms with Crippen LogP contribution in [-0.4, -0.2) is 5.75 Å².